The highest BCUT2D eigenvalue weighted by Crippen LogP contribution is 2.30. The minimum Gasteiger partial charge on any atom is -0.368 e. The number of nitrogens with one attached hydrogen (secondary N) is 1. The van der Waals surface area contributed by atoms with Crippen molar-refractivity contribution in [1.29, 1.82) is 0 Å². The number of ketones is 1. The maximum Gasteiger partial charge on any atom is 0.251 e. The highest BCUT2D eigenvalue weighted by Gasteiger charge is 2.46. The van der Waals surface area contributed by atoms with Crippen LogP contribution in [0.25, 0.3) is 0 Å². The van der Waals surface area contributed by atoms with Crippen molar-refractivity contribution in [2.24, 2.45) is 5.92 Å². The van der Waals surface area contributed by atoms with Crippen molar-refractivity contribution in [3.05, 3.63) is 35.9 Å². The molecule has 1 aliphatic carbocycles. The van der Waals surface area contributed by atoms with Crippen LogP contribution in [0.15, 0.2) is 30.3 Å². The Kier molecular flexibility index (Phi) is 6.28. The predicted octanol–water partition coefficient (Wildman–Crippen LogP) is 2.71. The first-order chi connectivity index (χ1) is 14.1. The number of Topliss-reactive ketones (excluding diaryl/α,β-unsaturated/α-hetero) is 1. The monoisotopic (exact) mass is 398 g/mol. The molecule has 3 atom stereocenters. The van der Waals surface area contributed by atoms with Crippen LogP contribution < -0.4 is 5.32 Å². The molecule has 6 heteroatoms. The van der Waals surface area contributed by atoms with E-state index in [4.69, 9.17) is 4.74 Å². The Morgan fingerprint density at radius 1 is 1.07 bits per heavy atom. The molecule has 0 unspecified atom stereocenters. The molecule has 2 saturated heterocycles. The summed E-state index contributed by atoms with van der Waals surface area (Å²) in [5.41, 5.74) is 0.547. The highest BCUT2D eigenvalue weighted by molar-refractivity contribution is 5.99. The minimum absolute atomic E-state index is 0.0196. The molecule has 3 fully saturated rings. The summed E-state index contributed by atoms with van der Waals surface area (Å²) in [4.78, 5) is 40.4. The maximum absolute atomic E-state index is 13.5. The lowest BCUT2D eigenvalue weighted by Crippen LogP contribution is -2.58. The van der Waals surface area contributed by atoms with Crippen LogP contribution in [-0.2, 0) is 14.3 Å². The first-order valence-corrected chi connectivity index (χ1v) is 10.9. The SMILES string of the molecule is O=C(N[C@@H](CC1CCCCC1)C(=O)N1CCC[C@H]2OCC(=O)[C@H]21)c1ccccc1. The van der Waals surface area contributed by atoms with Crippen molar-refractivity contribution in [3.8, 4) is 0 Å². The Morgan fingerprint density at radius 3 is 2.59 bits per heavy atom. The first kappa shape index (κ1) is 20.1. The van der Waals surface area contributed by atoms with Crippen LogP contribution in [0, 0.1) is 5.92 Å². The number of hydrogen-bond donors (Lipinski definition) is 1. The van der Waals surface area contributed by atoms with E-state index in [2.05, 4.69) is 5.32 Å². The van der Waals surface area contributed by atoms with Gasteiger partial charge in [0.2, 0.25) is 5.91 Å². The number of fused-ring (bicyclic) bond motifs is 1. The molecule has 156 valence electrons. The van der Waals surface area contributed by atoms with Crippen LogP contribution in [0.5, 0.6) is 0 Å². The lowest BCUT2D eigenvalue weighted by Gasteiger charge is -2.38. The van der Waals surface area contributed by atoms with E-state index in [1.54, 1.807) is 17.0 Å². The number of amides is 2. The van der Waals surface area contributed by atoms with Crippen molar-refractivity contribution in [1.82, 2.24) is 10.2 Å². The second-order valence-electron chi connectivity index (χ2n) is 8.57. The quantitative estimate of drug-likeness (QED) is 0.828. The van der Waals surface area contributed by atoms with Crippen molar-refractivity contribution in [2.45, 2.75) is 69.6 Å². The van der Waals surface area contributed by atoms with Crippen LogP contribution in [0.2, 0.25) is 0 Å². The van der Waals surface area contributed by atoms with Crippen LogP contribution in [0.3, 0.4) is 0 Å². The van der Waals surface area contributed by atoms with Gasteiger partial charge in [-0.2, -0.15) is 0 Å². The molecule has 2 amide bonds. The molecule has 0 radical (unpaired) electrons. The zero-order chi connectivity index (χ0) is 20.2. The minimum atomic E-state index is -0.599. The van der Waals surface area contributed by atoms with Gasteiger partial charge in [-0.3, -0.25) is 14.4 Å². The molecule has 1 saturated carbocycles. The Balaban J connectivity index is 1.52. The molecule has 2 aliphatic heterocycles. The van der Waals surface area contributed by atoms with E-state index in [1.807, 2.05) is 18.2 Å². The van der Waals surface area contributed by atoms with Gasteiger partial charge in [0, 0.05) is 12.1 Å². The van der Waals surface area contributed by atoms with Gasteiger partial charge in [-0.15, -0.1) is 0 Å². The van der Waals surface area contributed by atoms with Gasteiger partial charge in [0.25, 0.3) is 5.91 Å². The van der Waals surface area contributed by atoms with Crippen molar-refractivity contribution >= 4 is 17.6 Å². The number of rotatable bonds is 5. The number of benzene rings is 1. The molecule has 1 aromatic rings. The van der Waals surface area contributed by atoms with Gasteiger partial charge in [-0.1, -0.05) is 50.3 Å². The van der Waals surface area contributed by atoms with Crippen LogP contribution >= 0.6 is 0 Å². The Bertz CT molecular complexity index is 745. The molecule has 29 heavy (non-hydrogen) atoms. The van der Waals surface area contributed by atoms with Gasteiger partial charge < -0.3 is 15.0 Å². The van der Waals surface area contributed by atoms with Crippen molar-refractivity contribution in [2.75, 3.05) is 13.2 Å². The van der Waals surface area contributed by atoms with Gasteiger partial charge in [0.15, 0.2) is 5.78 Å². The van der Waals surface area contributed by atoms with E-state index in [9.17, 15) is 14.4 Å². The zero-order valence-corrected chi connectivity index (χ0v) is 16.8. The Morgan fingerprint density at radius 2 is 1.83 bits per heavy atom. The normalized spacial score (nSPS) is 26.1. The summed E-state index contributed by atoms with van der Waals surface area (Å²) in [6.45, 7) is 0.639. The Labute approximate surface area is 172 Å². The van der Waals surface area contributed by atoms with Gasteiger partial charge in [-0.05, 0) is 37.3 Å². The summed E-state index contributed by atoms with van der Waals surface area (Å²) in [6, 6.07) is 7.91. The van der Waals surface area contributed by atoms with E-state index in [0.717, 1.165) is 25.7 Å². The fourth-order valence-electron chi connectivity index (χ4n) is 5.05. The molecular weight excluding hydrogens is 368 g/mol. The number of nitrogens with zero attached hydrogens (tertiary/aromatic N) is 1. The molecule has 6 nitrogen and oxygen atoms in total. The van der Waals surface area contributed by atoms with E-state index in [-0.39, 0.29) is 30.3 Å². The maximum atomic E-state index is 13.5. The third kappa shape index (κ3) is 4.53. The summed E-state index contributed by atoms with van der Waals surface area (Å²) in [5.74, 6) is 0.0504. The highest BCUT2D eigenvalue weighted by atomic mass is 16.5. The summed E-state index contributed by atoms with van der Waals surface area (Å²) in [7, 11) is 0. The van der Waals surface area contributed by atoms with E-state index < -0.39 is 12.1 Å². The molecule has 1 N–H and O–H groups in total. The van der Waals surface area contributed by atoms with E-state index in [0.29, 0.717) is 24.4 Å². The molecule has 0 aromatic heterocycles. The summed E-state index contributed by atoms with van der Waals surface area (Å²) in [5, 5.41) is 2.99. The second kappa shape index (κ2) is 9.08. The fourth-order valence-corrected chi connectivity index (χ4v) is 5.05. The fraction of sp³-hybridized carbons (Fsp3) is 0.609. The average molecular weight is 399 g/mol. The molecule has 4 rings (SSSR count). The number of piperidine rings is 1. The van der Waals surface area contributed by atoms with E-state index in [1.165, 1.54) is 19.3 Å². The zero-order valence-electron chi connectivity index (χ0n) is 16.8. The third-order valence-corrected chi connectivity index (χ3v) is 6.56. The average Bonchev–Trinajstić information content (AvgIpc) is 3.15. The lowest BCUT2D eigenvalue weighted by molar-refractivity contribution is -0.142. The van der Waals surface area contributed by atoms with Gasteiger partial charge >= 0.3 is 0 Å². The first-order valence-electron chi connectivity index (χ1n) is 10.9. The van der Waals surface area contributed by atoms with Crippen LogP contribution in [-0.4, -0.2) is 53.8 Å². The van der Waals surface area contributed by atoms with Crippen LogP contribution in [0.1, 0.15) is 61.7 Å². The molecular formula is C23H30N2O4. The molecule has 2 heterocycles. The summed E-state index contributed by atoms with van der Waals surface area (Å²) >= 11 is 0. The summed E-state index contributed by atoms with van der Waals surface area (Å²) in [6.07, 6.45) is 7.87. The number of carbonyl (C=O) groups is 3. The largest absolute Gasteiger partial charge is 0.368 e. The molecule has 1 aromatic carbocycles. The molecule has 3 aliphatic rings. The standard InChI is InChI=1S/C23H30N2O4/c26-19-15-29-20-12-7-13-25(21(19)20)23(28)18(14-16-8-3-1-4-9-16)24-22(27)17-10-5-2-6-11-17/h2,5-6,10-11,16,18,20-21H,1,3-4,7-9,12-15H2,(H,24,27)/t18-,20+,21+/m0/s1. The van der Waals surface area contributed by atoms with E-state index >= 15 is 0 Å². The Hall–Kier alpha value is -2.21. The molecule has 0 spiro atoms. The number of carbonyl (C=O) groups excluding carboxylic acids is 3. The summed E-state index contributed by atoms with van der Waals surface area (Å²) < 4.78 is 5.60. The smallest absolute Gasteiger partial charge is 0.251 e. The predicted molar refractivity (Wildman–Crippen MR) is 108 cm³/mol. The van der Waals surface area contributed by atoms with Gasteiger partial charge in [-0.25, -0.2) is 0 Å². The van der Waals surface area contributed by atoms with Crippen molar-refractivity contribution < 1.29 is 19.1 Å². The van der Waals surface area contributed by atoms with Gasteiger partial charge in [0.05, 0.1) is 6.10 Å². The van der Waals surface area contributed by atoms with Gasteiger partial charge in [0.1, 0.15) is 18.7 Å². The topological polar surface area (TPSA) is 75.7 Å². The third-order valence-electron chi connectivity index (χ3n) is 6.56. The lowest BCUT2D eigenvalue weighted by atomic mass is 9.84. The number of hydrogen-bond acceptors (Lipinski definition) is 4. The molecule has 0 bridgehead atoms. The van der Waals surface area contributed by atoms with Crippen LogP contribution in [0.4, 0.5) is 0 Å². The number of ether oxygens (including phenoxy) is 1. The number of likely N-dealkylation sites (tertiary alicyclic amines) is 1. The second-order valence-corrected chi connectivity index (χ2v) is 8.57. The van der Waals surface area contributed by atoms with Crippen molar-refractivity contribution in [3.63, 3.8) is 0 Å².